The third-order valence-electron chi connectivity index (χ3n) is 4.80. The largest absolute Gasteiger partial charge is 0.311 e. The maximum atomic E-state index is 3.73. The van der Waals surface area contributed by atoms with E-state index in [1.54, 1.807) is 0 Å². The third kappa shape index (κ3) is 3.88. The zero-order chi connectivity index (χ0) is 15.9. The van der Waals surface area contributed by atoms with E-state index in [1.807, 2.05) is 0 Å². The van der Waals surface area contributed by atoms with E-state index in [9.17, 15) is 0 Å². The molecule has 0 saturated heterocycles. The summed E-state index contributed by atoms with van der Waals surface area (Å²) < 4.78 is 0. The van der Waals surface area contributed by atoms with Gasteiger partial charge in [0, 0.05) is 17.5 Å². The van der Waals surface area contributed by atoms with E-state index in [0.29, 0.717) is 5.41 Å². The van der Waals surface area contributed by atoms with Crippen molar-refractivity contribution in [1.82, 2.24) is 5.32 Å². The van der Waals surface area contributed by atoms with Crippen LogP contribution in [0.1, 0.15) is 72.4 Å². The quantitative estimate of drug-likeness (QED) is 0.821. The van der Waals surface area contributed by atoms with Crippen molar-refractivity contribution in [3.05, 3.63) is 35.4 Å². The molecule has 0 heterocycles. The summed E-state index contributed by atoms with van der Waals surface area (Å²) >= 11 is 0. The molecule has 0 atom stereocenters. The van der Waals surface area contributed by atoms with Gasteiger partial charge in [0.1, 0.15) is 0 Å². The topological polar surface area (TPSA) is 12.0 Å². The highest BCUT2D eigenvalue weighted by Crippen LogP contribution is 2.47. The maximum Gasteiger partial charge on any atom is 0.00968 e. The Morgan fingerprint density at radius 1 is 1.00 bits per heavy atom. The Morgan fingerprint density at radius 2 is 1.52 bits per heavy atom. The second-order valence-corrected chi connectivity index (χ2v) is 9.22. The monoisotopic (exact) mass is 287 g/mol. The Hall–Kier alpha value is -0.820. The minimum absolute atomic E-state index is 0.192. The first kappa shape index (κ1) is 16.5. The van der Waals surface area contributed by atoms with E-state index in [0.717, 1.165) is 12.5 Å². The zero-order valence-corrected chi connectivity index (χ0v) is 15.0. The lowest BCUT2D eigenvalue weighted by molar-refractivity contribution is 0.142. The summed E-state index contributed by atoms with van der Waals surface area (Å²) in [6, 6.07) is 9.40. The van der Waals surface area contributed by atoms with Gasteiger partial charge in [-0.05, 0) is 56.1 Å². The molecule has 0 aromatic heterocycles. The Labute approximate surface area is 131 Å². The van der Waals surface area contributed by atoms with Crippen molar-refractivity contribution in [2.45, 2.75) is 77.7 Å². The van der Waals surface area contributed by atoms with Crippen LogP contribution in [0.5, 0.6) is 0 Å². The van der Waals surface area contributed by atoms with Crippen molar-refractivity contribution in [2.75, 3.05) is 6.54 Å². The van der Waals surface area contributed by atoms with E-state index in [1.165, 1.54) is 24.0 Å². The molecule has 1 N–H and O–H groups in total. The number of benzene rings is 1. The van der Waals surface area contributed by atoms with Crippen molar-refractivity contribution >= 4 is 0 Å². The fourth-order valence-electron chi connectivity index (χ4n) is 3.51. The van der Waals surface area contributed by atoms with Gasteiger partial charge in [0.05, 0.1) is 0 Å². The number of hydrogen-bond acceptors (Lipinski definition) is 1. The highest BCUT2D eigenvalue weighted by atomic mass is 15.0. The number of hydrogen-bond donors (Lipinski definition) is 1. The van der Waals surface area contributed by atoms with Gasteiger partial charge in [-0.15, -0.1) is 0 Å². The molecule has 0 radical (unpaired) electrons. The molecule has 1 aliphatic carbocycles. The molecule has 1 aliphatic rings. The van der Waals surface area contributed by atoms with Crippen molar-refractivity contribution in [3.8, 4) is 0 Å². The minimum atomic E-state index is 0.192. The first-order valence-electron chi connectivity index (χ1n) is 8.38. The average molecular weight is 287 g/mol. The Morgan fingerprint density at radius 3 is 1.90 bits per heavy atom. The predicted octanol–water partition coefficient (Wildman–Crippen LogP) is 5.04. The fourth-order valence-corrected chi connectivity index (χ4v) is 3.51. The molecular formula is C20H33N. The molecular weight excluding hydrogens is 254 g/mol. The van der Waals surface area contributed by atoms with Gasteiger partial charge in [-0.2, -0.15) is 0 Å². The molecule has 1 aromatic rings. The van der Waals surface area contributed by atoms with Gasteiger partial charge in [-0.25, -0.2) is 0 Å². The van der Waals surface area contributed by atoms with E-state index in [2.05, 4.69) is 78.0 Å². The van der Waals surface area contributed by atoms with Gasteiger partial charge in [0.2, 0.25) is 0 Å². The molecule has 0 aliphatic heterocycles. The van der Waals surface area contributed by atoms with Crippen LogP contribution in [0.25, 0.3) is 0 Å². The lowest BCUT2D eigenvalue weighted by atomic mass is 9.59. The Balaban J connectivity index is 2.19. The van der Waals surface area contributed by atoms with Crippen LogP contribution in [0.2, 0.25) is 0 Å². The lowest BCUT2D eigenvalue weighted by Gasteiger charge is -2.48. The van der Waals surface area contributed by atoms with Crippen molar-refractivity contribution in [1.29, 1.82) is 0 Å². The van der Waals surface area contributed by atoms with Crippen molar-refractivity contribution < 1.29 is 0 Å². The van der Waals surface area contributed by atoms with E-state index < -0.39 is 0 Å². The molecule has 1 nitrogen and oxygen atoms in total. The highest BCUT2D eigenvalue weighted by Gasteiger charge is 2.43. The van der Waals surface area contributed by atoms with Crippen LogP contribution in [0.3, 0.4) is 0 Å². The highest BCUT2D eigenvalue weighted by molar-refractivity contribution is 5.34. The van der Waals surface area contributed by atoms with Crippen LogP contribution in [-0.2, 0) is 10.8 Å². The zero-order valence-electron chi connectivity index (χ0n) is 15.0. The maximum absolute atomic E-state index is 3.73. The van der Waals surface area contributed by atoms with Gasteiger partial charge < -0.3 is 5.32 Å². The SMILES string of the molecule is CC1CC(CNC(C)(C)C)(c2ccc(C(C)(C)C)cc2)C1. The van der Waals surface area contributed by atoms with Gasteiger partial charge in [-0.1, -0.05) is 52.0 Å². The molecule has 21 heavy (non-hydrogen) atoms. The van der Waals surface area contributed by atoms with Crippen molar-refractivity contribution in [2.24, 2.45) is 5.92 Å². The first-order valence-corrected chi connectivity index (χ1v) is 8.38. The van der Waals surface area contributed by atoms with Gasteiger partial charge in [0.25, 0.3) is 0 Å². The smallest absolute Gasteiger partial charge is 0.00968 e. The molecule has 0 amide bonds. The number of nitrogens with one attached hydrogen (secondary N) is 1. The van der Waals surface area contributed by atoms with Crippen LogP contribution >= 0.6 is 0 Å². The molecule has 1 saturated carbocycles. The van der Waals surface area contributed by atoms with E-state index in [-0.39, 0.29) is 11.0 Å². The van der Waals surface area contributed by atoms with Crippen molar-refractivity contribution in [3.63, 3.8) is 0 Å². The summed E-state index contributed by atoms with van der Waals surface area (Å²) in [4.78, 5) is 0. The summed E-state index contributed by atoms with van der Waals surface area (Å²) in [7, 11) is 0. The number of rotatable bonds is 3. The Kier molecular flexibility index (Phi) is 4.28. The molecule has 118 valence electrons. The Bertz CT molecular complexity index is 464. The van der Waals surface area contributed by atoms with Gasteiger partial charge >= 0.3 is 0 Å². The van der Waals surface area contributed by atoms with Gasteiger partial charge in [0.15, 0.2) is 0 Å². The summed E-state index contributed by atoms with van der Waals surface area (Å²) in [5.74, 6) is 0.856. The summed E-state index contributed by atoms with van der Waals surface area (Å²) in [5, 5.41) is 3.73. The third-order valence-corrected chi connectivity index (χ3v) is 4.80. The van der Waals surface area contributed by atoms with Gasteiger partial charge in [-0.3, -0.25) is 0 Å². The molecule has 0 bridgehead atoms. The standard InChI is InChI=1S/C20H33N/c1-15-12-20(13-15,14-21-19(5,6)7)17-10-8-16(9-11-17)18(2,3)4/h8-11,15,21H,12-14H2,1-7H3. The molecule has 1 heteroatoms. The molecule has 2 rings (SSSR count). The summed E-state index contributed by atoms with van der Waals surface area (Å²) in [6.07, 6.45) is 2.62. The average Bonchev–Trinajstić information content (AvgIpc) is 2.31. The fraction of sp³-hybridized carbons (Fsp3) is 0.700. The van der Waals surface area contributed by atoms with Crippen LogP contribution < -0.4 is 5.32 Å². The summed E-state index contributed by atoms with van der Waals surface area (Å²) in [5.41, 5.74) is 3.73. The first-order chi connectivity index (χ1) is 9.52. The molecule has 1 aromatic carbocycles. The summed E-state index contributed by atoms with van der Waals surface area (Å²) in [6.45, 7) is 17.1. The second-order valence-electron chi connectivity index (χ2n) is 9.22. The lowest BCUT2D eigenvalue weighted by Crippen LogP contribution is -2.52. The van der Waals surface area contributed by atoms with Crippen LogP contribution in [0.4, 0.5) is 0 Å². The second kappa shape index (κ2) is 5.43. The van der Waals surface area contributed by atoms with E-state index in [4.69, 9.17) is 0 Å². The van der Waals surface area contributed by atoms with Crippen LogP contribution in [-0.4, -0.2) is 12.1 Å². The molecule has 1 fully saturated rings. The minimum Gasteiger partial charge on any atom is -0.311 e. The van der Waals surface area contributed by atoms with Crippen LogP contribution in [0, 0.1) is 5.92 Å². The predicted molar refractivity (Wildman–Crippen MR) is 93.0 cm³/mol. The molecule has 0 unspecified atom stereocenters. The molecule has 0 spiro atoms. The normalized spacial score (nSPS) is 26.5. The van der Waals surface area contributed by atoms with Crippen LogP contribution in [0.15, 0.2) is 24.3 Å². The van der Waals surface area contributed by atoms with E-state index >= 15 is 0 Å².